The zero-order valence-electron chi connectivity index (χ0n) is 12.4. The van der Waals surface area contributed by atoms with Crippen molar-refractivity contribution in [3.63, 3.8) is 0 Å². The zero-order chi connectivity index (χ0) is 13.7. The lowest BCUT2D eigenvalue weighted by molar-refractivity contribution is 0.163. The van der Waals surface area contributed by atoms with E-state index in [1.165, 1.54) is 31.2 Å². The second kappa shape index (κ2) is 7.06. The van der Waals surface area contributed by atoms with Gasteiger partial charge < -0.3 is 10.6 Å². The normalized spacial score (nSPS) is 25.5. The molecule has 0 aliphatic heterocycles. The number of nitrogens with zero attached hydrogens (tertiary/aromatic N) is 1. The van der Waals surface area contributed by atoms with Crippen molar-refractivity contribution < 1.29 is 0 Å². The first-order chi connectivity index (χ1) is 9.20. The molecule has 2 rings (SSSR count). The quantitative estimate of drug-likeness (QED) is 0.880. The molecule has 0 saturated heterocycles. The largest absolute Gasteiger partial charge is 0.330 e. The number of benzene rings is 1. The van der Waals surface area contributed by atoms with Gasteiger partial charge in [-0.2, -0.15) is 0 Å². The molecule has 0 heterocycles. The second-order valence-electron chi connectivity index (χ2n) is 6.20. The first-order valence-corrected chi connectivity index (χ1v) is 7.66. The first-order valence-electron chi connectivity index (χ1n) is 7.66. The van der Waals surface area contributed by atoms with Crippen LogP contribution in [0.3, 0.4) is 0 Å². The molecule has 1 saturated carbocycles. The van der Waals surface area contributed by atoms with Gasteiger partial charge in [-0.15, -0.1) is 0 Å². The van der Waals surface area contributed by atoms with Crippen molar-refractivity contribution in [2.75, 3.05) is 20.1 Å². The van der Waals surface area contributed by atoms with Crippen LogP contribution in [0, 0.1) is 5.92 Å². The second-order valence-corrected chi connectivity index (χ2v) is 6.20. The summed E-state index contributed by atoms with van der Waals surface area (Å²) in [6.45, 7) is 4.19. The molecule has 0 bridgehead atoms. The highest BCUT2D eigenvalue weighted by atomic mass is 15.1. The lowest BCUT2D eigenvalue weighted by Gasteiger charge is -2.35. The number of rotatable bonds is 5. The summed E-state index contributed by atoms with van der Waals surface area (Å²) in [5, 5.41) is 0. The molecule has 2 nitrogen and oxygen atoms in total. The number of hydrogen-bond donors (Lipinski definition) is 1. The Morgan fingerprint density at radius 2 is 1.79 bits per heavy atom. The molecule has 1 atom stereocenters. The number of likely N-dealkylation sites (N-methyl/N-ethyl adjacent to an activating group) is 1. The highest BCUT2D eigenvalue weighted by molar-refractivity contribution is 5.20. The lowest BCUT2D eigenvalue weighted by atomic mass is 9.86. The Morgan fingerprint density at radius 1 is 1.16 bits per heavy atom. The van der Waals surface area contributed by atoms with Gasteiger partial charge in [-0.3, -0.25) is 0 Å². The van der Waals surface area contributed by atoms with Crippen LogP contribution in [-0.4, -0.2) is 31.1 Å². The Bertz CT molecular complexity index is 355. The van der Waals surface area contributed by atoms with Crippen molar-refractivity contribution >= 4 is 0 Å². The van der Waals surface area contributed by atoms with Crippen molar-refractivity contribution in [3.8, 4) is 0 Å². The van der Waals surface area contributed by atoms with Crippen molar-refractivity contribution in [3.05, 3.63) is 35.9 Å². The molecule has 1 unspecified atom stereocenters. The fourth-order valence-corrected chi connectivity index (χ4v) is 3.22. The Morgan fingerprint density at radius 3 is 2.37 bits per heavy atom. The summed E-state index contributed by atoms with van der Waals surface area (Å²) in [6.07, 6.45) is 5.47. The molecule has 1 aliphatic carbocycles. The maximum Gasteiger partial charge on any atom is 0.00926 e. The van der Waals surface area contributed by atoms with Crippen molar-refractivity contribution in [1.29, 1.82) is 0 Å². The van der Waals surface area contributed by atoms with Gasteiger partial charge in [-0.1, -0.05) is 37.3 Å². The van der Waals surface area contributed by atoms with E-state index in [1.807, 2.05) is 0 Å². The molecule has 1 aromatic carbocycles. The summed E-state index contributed by atoms with van der Waals surface area (Å²) in [5.41, 5.74) is 7.35. The van der Waals surface area contributed by atoms with E-state index in [4.69, 9.17) is 5.73 Å². The van der Waals surface area contributed by atoms with Crippen LogP contribution in [0.5, 0.6) is 0 Å². The SMILES string of the molecule is CC1CCC(N(C)CC(CN)c2ccccc2)CC1. The molecule has 1 aromatic rings. The summed E-state index contributed by atoms with van der Waals surface area (Å²) in [5.74, 6) is 1.38. The van der Waals surface area contributed by atoms with Crippen LogP contribution in [0.2, 0.25) is 0 Å². The van der Waals surface area contributed by atoms with Crippen LogP contribution in [0.15, 0.2) is 30.3 Å². The van der Waals surface area contributed by atoms with Crippen molar-refractivity contribution in [2.45, 2.75) is 44.6 Å². The molecule has 1 aliphatic rings. The fourth-order valence-electron chi connectivity index (χ4n) is 3.22. The smallest absolute Gasteiger partial charge is 0.00926 e. The molecule has 0 amide bonds. The van der Waals surface area contributed by atoms with E-state index in [9.17, 15) is 0 Å². The summed E-state index contributed by atoms with van der Waals surface area (Å²) >= 11 is 0. The average molecular weight is 260 g/mol. The summed E-state index contributed by atoms with van der Waals surface area (Å²) < 4.78 is 0. The van der Waals surface area contributed by atoms with Gasteiger partial charge in [0.15, 0.2) is 0 Å². The monoisotopic (exact) mass is 260 g/mol. The highest BCUT2D eigenvalue weighted by Crippen LogP contribution is 2.27. The van der Waals surface area contributed by atoms with Crippen LogP contribution >= 0.6 is 0 Å². The molecule has 0 radical (unpaired) electrons. The van der Waals surface area contributed by atoms with E-state index in [1.54, 1.807) is 0 Å². The highest BCUT2D eigenvalue weighted by Gasteiger charge is 2.23. The van der Waals surface area contributed by atoms with E-state index in [-0.39, 0.29) is 0 Å². The lowest BCUT2D eigenvalue weighted by Crippen LogP contribution is -2.38. The summed E-state index contributed by atoms with van der Waals surface area (Å²) in [7, 11) is 2.27. The molecular formula is C17H28N2. The summed E-state index contributed by atoms with van der Waals surface area (Å²) in [6, 6.07) is 11.5. The Balaban J connectivity index is 1.91. The topological polar surface area (TPSA) is 29.3 Å². The molecule has 106 valence electrons. The predicted octanol–water partition coefficient (Wildman–Crippen LogP) is 3.24. The van der Waals surface area contributed by atoms with Gasteiger partial charge in [-0.25, -0.2) is 0 Å². The van der Waals surface area contributed by atoms with Crippen LogP contribution in [0.1, 0.15) is 44.1 Å². The Labute approximate surface area is 118 Å². The average Bonchev–Trinajstić information content (AvgIpc) is 2.46. The maximum absolute atomic E-state index is 5.98. The minimum absolute atomic E-state index is 0.463. The van der Waals surface area contributed by atoms with Gasteiger partial charge in [0.25, 0.3) is 0 Å². The fraction of sp³-hybridized carbons (Fsp3) is 0.647. The maximum atomic E-state index is 5.98. The zero-order valence-corrected chi connectivity index (χ0v) is 12.4. The van der Waals surface area contributed by atoms with Crippen molar-refractivity contribution in [1.82, 2.24) is 4.90 Å². The van der Waals surface area contributed by atoms with Gasteiger partial charge in [-0.05, 0) is 44.2 Å². The molecule has 2 N–H and O–H groups in total. The third kappa shape index (κ3) is 4.05. The molecular weight excluding hydrogens is 232 g/mol. The molecule has 1 fully saturated rings. The summed E-state index contributed by atoms with van der Waals surface area (Å²) in [4.78, 5) is 2.54. The molecule has 0 aromatic heterocycles. The molecule has 19 heavy (non-hydrogen) atoms. The minimum Gasteiger partial charge on any atom is -0.330 e. The van der Waals surface area contributed by atoms with Crippen LogP contribution in [-0.2, 0) is 0 Å². The van der Waals surface area contributed by atoms with Crippen LogP contribution in [0.4, 0.5) is 0 Å². The first kappa shape index (κ1) is 14.5. The number of hydrogen-bond acceptors (Lipinski definition) is 2. The number of nitrogens with two attached hydrogens (primary N) is 1. The van der Waals surface area contributed by atoms with E-state index < -0.39 is 0 Å². The van der Waals surface area contributed by atoms with E-state index in [0.717, 1.165) is 25.0 Å². The third-order valence-corrected chi connectivity index (χ3v) is 4.67. The minimum atomic E-state index is 0.463. The standard InChI is InChI=1S/C17H28N2/c1-14-8-10-17(11-9-14)19(2)13-16(12-18)15-6-4-3-5-7-15/h3-7,14,16-17H,8-13,18H2,1-2H3. The molecule has 0 spiro atoms. The van der Waals surface area contributed by atoms with Gasteiger partial charge in [0.1, 0.15) is 0 Å². The molecule has 2 heteroatoms. The van der Waals surface area contributed by atoms with Gasteiger partial charge in [0, 0.05) is 25.0 Å². The van der Waals surface area contributed by atoms with Gasteiger partial charge in [0.05, 0.1) is 0 Å². The Hall–Kier alpha value is -0.860. The van der Waals surface area contributed by atoms with Gasteiger partial charge in [0.2, 0.25) is 0 Å². The predicted molar refractivity (Wildman–Crippen MR) is 82.3 cm³/mol. The van der Waals surface area contributed by atoms with E-state index >= 15 is 0 Å². The van der Waals surface area contributed by atoms with E-state index in [0.29, 0.717) is 5.92 Å². The van der Waals surface area contributed by atoms with E-state index in [2.05, 4.69) is 49.2 Å². The third-order valence-electron chi connectivity index (χ3n) is 4.67. The van der Waals surface area contributed by atoms with Gasteiger partial charge >= 0.3 is 0 Å². The van der Waals surface area contributed by atoms with Crippen LogP contribution < -0.4 is 5.73 Å². The Kier molecular flexibility index (Phi) is 5.41. The van der Waals surface area contributed by atoms with Crippen molar-refractivity contribution in [2.24, 2.45) is 11.7 Å². The van der Waals surface area contributed by atoms with Crippen LogP contribution in [0.25, 0.3) is 0 Å².